The second-order valence-electron chi connectivity index (χ2n) is 3.17. The lowest BCUT2D eigenvalue weighted by atomic mass is 10.3. The minimum Gasteiger partial charge on any atom is -0.222 e. The first-order chi connectivity index (χ1) is 8.10. The third-order valence-corrected chi connectivity index (χ3v) is 3.85. The Balaban J connectivity index is 3.38. The molecule has 98 valence electrons. The van der Waals surface area contributed by atoms with Crippen molar-refractivity contribution in [2.24, 2.45) is 0 Å². The number of nitrogens with zero attached hydrogens (tertiary/aromatic N) is 1. The molecule has 9 heteroatoms. The van der Waals surface area contributed by atoms with Gasteiger partial charge in [0, 0.05) is 0 Å². The quantitative estimate of drug-likeness (QED) is 0.618. The van der Waals surface area contributed by atoms with Crippen LogP contribution in [0, 0.1) is 23.0 Å². The fourth-order valence-corrected chi connectivity index (χ4v) is 2.40. The van der Waals surface area contributed by atoms with Gasteiger partial charge in [0.25, 0.3) is 0 Å². The topological polar surface area (TPSA) is 57.9 Å². The lowest BCUT2D eigenvalue weighted by Gasteiger charge is -2.14. The van der Waals surface area contributed by atoms with E-state index < -0.39 is 37.8 Å². The van der Waals surface area contributed by atoms with E-state index in [1.54, 1.807) is 0 Å². The molecule has 0 bridgehead atoms. The maximum Gasteiger partial charge on any atom is 0.418 e. The largest absolute Gasteiger partial charge is 0.418 e. The molecule has 0 N–H and O–H groups in total. The molecule has 0 aliphatic heterocycles. The molecule has 0 aliphatic rings. The van der Waals surface area contributed by atoms with E-state index in [1.165, 1.54) is 0 Å². The van der Waals surface area contributed by atoms with Crippen molar-refractivity contribution in [2.75, 3.05) is 0 Å². The first-order valence-electron chi connectivity index (χ1n) is 4.26. The van der Waals surface area contributed by atoms with Crippen LogP contribution < -0.4 is 0 Å². The fourth-order valence-electron chi connectivity index (χ4n) is 1.11. The highest BCUT2D eigenvalue weighted by atomic mass is 32.2. The molecule has 0 saturated heterocycles. The zero-order valence-corrected chi connectivity index (χ0v) is 9.19. The average molecular weight is 285 g/mol. The summed E-state index contributed by atoms with van der Waals surface area (Å²) in [6.07, 6.45) is -5.32. The molecule has 1 aromatic carbocycles. The van der Waals surface area contributed by atoms with Gasteiger partial charge >= 0.3 is 6.18 Å². The van der Waals surface area contributed by atoms with E-state index in [-0.39, 0.29) is 6.07 Å². The number of hydrogen-bond acceptors (Lipinski definition) is 3. The van der Waals surface area contributed by atoms with E-state index in [1.807, 2.05) is 0 Å². The van der Waals surface area contributed by atoms with Gasteiger partial charge in [-0.05, 0) is 18.2 Å². The molecular formula is C9H4F5NO2S. The number of halogens is 5. The molecule has 18 heavy (non-hydrogen) atoms. The third-order valence-electron chi connectivity index (χ3n) is 1.94. The lowest BCUT2D eigenvalue weighted by Crippen LogP contribution is -2.35. The van der Waals surface area contributed by atoms with Gasteiger partial charge < -0.3 is 0 Å². The van der Waals surface area contributed by atoms with Crippen molar-refractivity contribution in [3.8, 4) is 6.07 Å². The van der Waals surface area contributed by atoms with Crippen LogP contribution in [0.25, 0.3) is 0 Å². The molecule has 1 aromatic rings. The summed E-state index contributed by atoms with van der Waals surface area (Å²) in [5.41, 5.74) is 0. The monoisotopic (exact) mass is 285 g/mol. The highest BCUT2D eigenvalue weighted by molar-refractivity contribution is 7.92. The maximum atomic E-state index is 12.8. The minimum absolute atomic E-state index is 0.0980. The third kappa shape index (κ3) is 2.59. The molecule has 3 nitrogen and oxygen atoms in total. The lowest BCUT2D eigenvalue weighted by molar-refractivity contribution is -0.120. The van der Waals surface area contributed by atoms with Crippen LogP contribution in [0.4, 0.5) is 22.0 Å². The van der Waals surface area contributed by atoms with Gasteiger partial charge in [0.15, 0.2) is 11.6 Å². The van der Waals surface area contributed by atoms with Gasteiger partial charge in [0.2, 0.25) is 15.1 Å². The van der Waals surface area contributed by atoms with Crippen molar-refractivity contribution < 1.29 is 30.4 Å². The van der Waals surface area contributed by atoms with Gasteiger partial charge in [-0.1, -0.05) is 0 Å². The van der Waals surface area contributed by atoms with Gasteiger partial charge in [-0.15, -0.1) is 0 Å². The molecule has 0 fully saturated rings. The molecule has 1 unspecified atom stereocenters. The van der Waals surface area contributed by atoms with Crippen molar-refractivity contribution in [1.82, 2.24) is 0 Å². The summed E-state index contributed by atoms with van der Waals surface area (Å²) >= 11 is 0. The SMILES string of the molecule is N#CC(C(F)(F)F)S(=O)(=O)c1ccc(F)c(F)c1. The zero-order valence-electron chi connectivity index (χ0n) is 8.37. The Bertz CT molecular complexity index is 602. The maximum absolute atomic E-state index is 12.8. The normalized spacial score (nSPS) is 14.0. The first kappa shape index (κ1) is 14.4. The summed E-state index contributed by atoms with van der Waals surface area (Å²) in [5.74, 6) is -3.02. The van der Waals surface area contributed by atoms with Gasteiger partial charge in [0.1, 0.15) is 0 Å². The van der Waals surface area contributed by atoms with Gasteiger partial charge in [-0.25, -0.2) is 17.2 Å². The number of hydrogen-bond donors (Lipinski definition) is 0. The van der Waals surface area contributed by atoms with Crippen molar-refractivity contribution >= 4 is 9.84 Å². The molecule has 0 amide bonds. The van der Waals surface area contributed by atoms with Crippen molar-refractivity contribution in [1.29, 1.82) is 5.26 Å². The summed E-state index contributed by atoms with van der Waals surface area (Å²) in [4.78, 5) is -1.11. The summed E-state index contributed by atoms with van der Waals surface area (Å²) in [7, 11) is -5.14. The van der Waals surface area contributed by atoms with Crippen molar-refractivity contribution in [3.63, 3.8) is 0 Å². The van der Waals surface area contributed by atoms with Crippen LogP contribution >= 0.6 is 0 Å². The molecule has 1 rings (SSSR count). The van der Waals surface area contributed by atoms with Gasteiger partial charge in [-0.2, -0.15) is 18.4 Å². The predicted molar refractivity (Wildman–Crippen MR) is 49.0 cm³/mol. The molecule has 0 heterocycles. The van der Waals surface area contributed by atoms with Crippen LogP contribution in [0.2, 0.25) is 0 Å². The summed E-state index contributed by atoms with van der Waals surface area (Å²) in [6.45, 7) is 0. The van der Waals surface area contributed by atoms with E-state index in [0.29, 0.717) is 18.2 Å². The number of sulfone groups is 1. The number of nitriles is 1. The standard InChI is InChI=1S/C9H4F5NO2S/c10-6-2-1-5(3-7(6)11)18(16,17)8(4-15)9(12,13)14/h1-3,8H. The van der Waals surface area contributed by atoms with E-state index in [2.05, 4.69) is 0 Å². The molecule has 1 atom stereocenters. The smallest absolute Gasteiger partial charge is 0.222 e. The second-order valence-corrected chi connectivity index (χ2v) is 5.20. The molecule has 0 spiro atoms. The van der Waals surface area contributed by atoms with Gasteiger partial charge in [-0.3, -0.25) is 0 Å². The average Bonchev–Trinajstić information content (AvgIpc) is 2.20. The Morgan fingerprint density at radius 3 is 2.11 bits per heavy atom. The van der Waals surface area contributed by atoms with Crippen LogP contribution in [0.1, 0.15) is 0 Å². The summed E-state index contributed by atoms with van der Waals surface area (Å²) in [5, 5.41) is 4.94. The predicted octanol–water partition coefficient (Wildman–Crippen LogP) is 2.19. The van der Waals surface area contributed by atoms with Crippen LogP contribution in [-0.2, 0) is 9.84 Å². The number of rotatable bonds is 2. The summed E-state index contributed by atoms with van der Waals surface area (Å²) < 4.78 is 85.1. The minimum atomic E-state index is -5.32. The Morgan fingerprint density at radius 2 is 1.72 bits per heavy atom. The highest BCUT2D eigenvalue weighted by Crippen LogP contribution is 2.30. The number of alkyl halides is 3. The second kappa shape index (κ2) is 4.53. The Kier molecular flexibility index (Phi) is 3.62. The molecule has 0 aromatic heterocycles. The van der Waals surface area contributed by atoms with Crippen molar-refractivity contribution in [3.05, 3.63) is 29.8 Å². The summed E-state index contributed by atoms with van der Waals surface area (Å²) in [6, 6.07) is 1.51. The van der Waals surface area contributed by atoms with Crippen LogP contribution in [-0.4, -0.2) is 19.8 Å². The van der Waals surface area contributed by atoms with E-state index in [4.69, 9.17) is 5.26 Å². The van der Waals surface area contributed by atoms with Crippen LogP contribution in [0.15, 0.2) is 23.1 Å². The molecule has 0 radical (unpaired) electrons. The Morgan fingerprint density at radius 1 is 1.17 bits per heavy atom. The molecular weight excluding hydrogens is 281 g/mol. The first-order valence-corrected chi connectivity index (χ1v) is 5.80. The Labute approximate surface area is 98.4 Å². The molecule has 0 aliphatic carbocycles. The van der Waals surface area contributed by atoms with E-state index in [9.17, 15) is 30.4 Å². The molecule has 0 saturated carbocycles. The van der Waals surface area contributed by atoms with E-state index in [0.717, 1.165) is 0 Å². The van der Waals surface area contributed by atoms with Crippen molar-refractivity contribution in [2.45, 2.75) is 16.3 Å². The van der Waals surface area contributed by atoms with E-state index >= 15 is 0 Å². The highest BCUT2D eigenvalue weighted by Gasteiger charge is 2.50. The Hall–Kier alpha value is -1.69. The van der Waals surface area contributed by atoms with Gasteiger partial charge in [0.05, 0.1) is 11.0 Å². The van der Waals surface area contributed by atoms with Crippen LogP contribution in [0.5, 0.6) is 0 Å². The van der Waals surface area contributed by atoms with Crippen LogP contribution in [0.3, 0.4) is 0 Å². The fraction of sp³-hybridized carbons (Fsp3) is 0.222. The number of benzene rings is 1. The zero-order chi connectivity index (χ0) is 14.1.